The van der Waals surface area contributed by atoms with Crippen LogP contribution in [0.15, 0.2) is 18.2 Å². The first-order chi connectivity index (χ1) is 7.16. The van der Waals surface area contributed by atoms with E-state index >= 15 is 0 Å². The number of carboxylic acid groups (broad SMARTS) is 1. The van der Waals surface area contributed by atoms with Gasteiger partial charge in [-0.1, -0.05) is 6.07 Å². The Balaban J connectivity index is 2.30. The number of benzene rings is 1. The molecule has 0 radical (unpaired) electrons. The molecular formula is C11H12FNO2. The van der Waals surface area contributed by atoms with Gasteiger partial charge in [-0.05, 0) is 36.2 Å². The zero-order chi connectivity index (χ0) is 10.8. The number of hydrogen-bond donors (Lipinski definition) is 2. The van der Waals surface area contributed by atoms with Crippen LogP contribution in [0, 0.1) is 5.82 Å². The van der Waals surface area contributed by atoms with Crippen molar-refractivity contribution < 1.29 is 14.3 Å². The summed E-state index contributed by atoms with van der Waals surface area (Å²) in [7, 11) is 0. The number of aliphatic carboxylic acids is 1. The molecule has 1 aromatic carbocycles. The van der Waals surface area contributed by atoms with E-state index in [-0.39, 0.29) is 18.3 Å². The zero-order valence-electron chi connectivity index (χ0n) is 8.16. The maximum Gasteiger partial charge on any atom is 0.305 e. The Morgan fingerprint density at radius 1 is 1.60 bits per heavy atom. The van der Waals surface area contributed by atoms with E-state index < -0.39 is 5.97 Å². The van der Waals surface area contributed by atoms with Crippen LogP contribution in [0.2, 0.25) is 0 Å². The second-order valence-corrected chi connectivity index (χ2v) is 3.70. The Hall–Kier alpha value is -1.42. The van der Waals surface area contributed by atoms with Crippen molar-refractivity contribution in [3.8, 4) is 0 Å². The predicted molar refractivity (Wildman–Crippen MR) is 53.1 cm³/mol. The standard InChI is InChI=1S/C11H12FNO2/c12-8-1-2-9-7(5-8)3-4-13-10(9)6-11(14)15/h1-2,5,10,13H,3-4,6H2,(H,14,15). The summed E-state index contributed by atoms with van der Waals surface area (Å²) in [5.74, 6) is -1.10. The highest BCUT2D eigenvalue weighted by Gasteiger charge is 2.21. The Labute approximate surface area is 86.9 Å². The Morgan fingerprint density at radius 2 is 2.40 bits per heavy atom. The van der Waals surface area contributed by atoms with Crippen molar-refractivity contribution in [2.24, 2.45) is 0 Å². The van der Waals surface area contributed by atoms with Crippen LogP contribution in [-0.2, 0) is 11.2 Å². The van der Waals surface area contributed by atoms with Crippen molar-refractivity contribution in [2.75, 3.05) is 6.54 Å². The topological polar surface area (TPSA) is 49.3 Å². The van der Waals surface area contributed by atoms with Crippen LogP contribution in [0.5, 0.6) is 0 Å². The number of carboxylic acids is 1. The van der Waals surface area contributed by atoms with Gasteiger partial charge in [0.2, 0.25) is 0 Å². The molecule has 0 saturated carbocycles. The summed E-state index contributed by atoms with van der Waals surface area (Å²) in [6, 6.07) is 4.35. The molecule has 1 aromatic rings. The van der Waals surface area contributed by atoms with Crippen LogP contribution in [0.3, 0.4) is 0 Å². The molecule has 0 aromatic heterocycles. The number of nitrogens with one attached hydrogen (secondary N) is 1. The molecule has 1 atom stereocenters. The van der Waals surface area contributed by atoms with E-state index in [9.17, 15) is 9.18 Å². The van der Waals surface area contributed by atoms with E-state index in [4.69, 9.17) is 5.11 Å². The molecule has 1 aliphatic rings. The molecular weight excluding hydrogens is 197 g/mol. The van der Waals surface area contributed by atoms with E-state index in [0.717, 1.165) is 17.5 Å². The van der Waals surface area contributed by atoms with Gasteiger partial charge in [-0.2, -0.15) is 0 Å². The molecule has 2 rings (SSSR count). The van der Waals surface area contributed by atoms with Gasteiger partial charge in [0, 0.05) is 6.04 Å². The zero-order valence-corrected chi connectivity index (χ0v) is 8.16. The molecule has 1 unspecified atom stereocenters. The van der Waals surface area contributed by atoms with Crippen molar-refractivity contribution >= 4 is 5.97 Å². The van der Waals surface area contributed by atoms with Crippen molar-refractivity contribution in [2.45, 2.75) is 18.9 Å². The Kier molecular flexibility index (Phi) is 2.68. The summed E-state index contributed by atoms with van der Waals surface area (Å²) in [6.45, 7) is 0.703. The number of halogens is 1. The summed E-state index contributed by atoms with van der Waals surface area (Å²) in [5, 5.41) is 11.9. The second kappa shape index (κ2) is 3.98. The maximum absolute atomic E-state index is 12.9. The average molecular weight is 209 g/mol. The lowest BCUT2D eigenvalue weighted by molar-refractivity contribution is -0.137. The summed E-state index contributed by atoms with van der Waals surface area (Å²) >= 11 is 0. The third-order valence-corrected chi connectivity index (χ3v) is 2.64. The monoisotopic (exact) mass is 209 g/mol. The minimum Gasteiger partial charge on any atom is -0.481 e. The first-order valence-corrected chi connectivity index (χ1v) is 4.90. The third kappa shape index (κ3) is 2.15. The summed E-state index contributed by atoms with van der Waals surface area (Å²) in [4.78, 5) is 10.6. The molecule has 0 aliphatic carbocycles. The van der Waals surface area contributed by atoms with E-state index in [0.29, 0.717) is 6.54 Å². The molecule has 15 heavy (non-hydrogen) atoms. The Bertz CT molecular complexity index is 392. The molecule has 0 bridgehead atoms. The molecule has 0 amide bonds. The first kappa shape index (κ1) is 10.1. The van der Waals surface area contributed by atoms with E-state index in [1.807, 2.05) is 0 Å². The van der Waals surface area contributed by atoms with Gasteiger partial charge in [-0.25, -0.2) is 4.39 Å². The molecule has 1 heterocycles. The number of rotatable bonds is 2. The largest absolute Gasteiger partial charge is 0.481 e. The van der Waals surface area contributed by atoms with Crippen LogP contribution >= 0.6 is 0 Å². The van der Waals surface area contributed by atoms with Gasteiger partial charge in [-0.15, -0.1) is 0 Å². The molecule has 3 nitrogen and oxygen atoms in total. The van der Waals surface area contributed by atoms with Crippen molar-refractivity contribution in [3.05, 3.63) is 35.1 Å². The fourth-order valence-corrected chi connectivity index (χ4v) is 1.98. The number of hydrogen-bond acceptors (Lipinski definition) is 2. The van der Waals surface area contributed by atoms with E-state index in [1.54, 1.807) is 6.07 Å². The summed E-state index contributed by atoms with van der Waals surface area (Å²) < 4.78 is 12.9. The molecule has 0 spiro atoms. The Morgan fingerprint density at radius 3 is 3.13 bits per heavy atom. The van der Waals surface area contributed by atoms with Crippen LogP contribution in [0.1, 0.15) is 23.6 Å². The molecule has 80 valence electrons. The van der Waals surface area contributed by atoms with Crippen molar-refractivity contribution in [3.63, 3.8) is 0 Å². The number of carbonyl (C=O) groups is 1. The van der Waals surface area contributed by atoms with Crippen LogP contribution in [0.25, 0.3) is 0 Å². The fourth-order valence-electron chi connectivity index (χ4n) is 1.98. The summed E-state index contributed by atoms with van der Waals surface area (Å²) in [5.41, 5.74) is 1.82. The first-order valence-electron chi connectivity index (χ1n) is 4.90. The minimum atomic E-state index is -0.843. The quantitative estimate of drug-likeness (QED) is 0.775. The van der Waals surface area contributed by atoms with Crippen LogP contribution in [0.4, 0.5) is 4.39 Å². The van der Waals surface area contributed by atoms with Crippen molar-refractivity contribution in [1.82, 2.24) is 5.32 Å². The lowest BCUT2D eigenvalue weighted by atomic mass is 9.92. The molecule has 0 saturated heterocycles. The van der Waals surface area contributed by atoms with Crippen LogP contribution < -0.4 is 5.32 Å². The van der Waals surface area contributed by atoms with Gasteiger partial charge in [-0.3, -0.25) is 4.79 Å². The molecule has 1 aliphatic heterocycles. The predicted octanol–water partition coefficient (Wildman–Crippen LogP) is 1.49. The third-order valence-electron chi connectivity index (χ3n) is 2.64. The highest BCUT2D eigenvalue weighted by molar-refractivity contribution is 5.68. The summed E-state index contributed by atoms with van der Waals surface area (Å²) in [6.07, 6.45) is 0.793. The molecule has 2 N–H and O–H groups in total. The van der Waals surface area contributed by atoms with Gasteiger partial charge < -0.3 is 10.4 Å². The normalized spacial score (nSPS) is 19.7. The van der Waals surface area contributed by atoms with Crippen molar-refractivity contribution in [1.29, 1.82) is 0 Å². The molecule has 0 fully saturated rings. The molecule has 4 heteroatoms. The van der Waals surface area contributed by atoms with E-state index in [1.165, 1.54) is 12.1 Å². The smallest absolute Gasteiger partial charge is 0.305 e. The van der Waals surface area contributed by atoms with E-state index in [2.05, 4.69) is 5.32 Å². The minimum absolute atomic E-state index is 0.0403. The average Bonchev–Trinajstić information content (AvgIpc) is 2.16. The highest BCUT2D eigenvalue weighted by Crippen LogP contribution is 2.25. The lowest BCUT2D eigenvalue weighted by Gasteiger charge is -2.25. The maximum atomic E-state index is 12.9. The van der Waals surface area contributed by atoms with Gasteiger partial charge in [0.15, 0.2) is 0 Å². The lowest BCUT2D eigenvalue weighted by Crippen LogP contribution is -2.31. The van der Waals surface area contributed by atoms with Gasteiger partial charge >= 0.3 is 5.97 Å². The SMILES string of the molecule is O=C(O)CC1NCCc2cc(F)ccc21. The highest BCUT2D eigenvalue weighted by atomic mass is 19.1. The fraction of sp³-hybridized carbons (Fsp3) is 0.364. The second-order valence-electron chi connectivity index (χ2n) is 3.70. The van der Waals surface area contributed by atoms with Gasteiger partial charge in [0.1, 0.15) is 5.82 Å². The van der Waals surface area contributed by atoms with Crippen LogP contribution in [-0.4, -0.2) is 17.6 Å². The van der Waals surface area contributed by atoms with Gasteiger partial charge in [0.05, 0.1) is 6.42 Å². The number of fused-ring (bicyclic) bond motifs is 1. The van der Waals surface area contributed by atoms with Gasteiger partial charge in [0.25, 0.3) is 0 Å².